The van der Waals surface area contributed by atoms with E-state index < -0.39 is 69.1 Å². The van der Waals surface area contributed by atoms with Crippen LogP contribution in [-0.2, 0) is 37.1 Å². The Labute approximate surface area is 414 Å². The predicted octanol–water partition coefficient (Wildman–Crippen LogP) is 7.43. The number of hydrogen-bond acceptors (Lipinski definition) is 15. The molecule has 71 heavy (non-hydrogen) atoms. The Balaban J connectivity index is 0.00000118. The van der Waals surface area contributed by atoms with Gasteiger partial charge in [-0.05, 0) is 120 Å². The van der Waals surface area contributed by atoms with Crippen LogP contribution in [0.3, 0.4) is 0 Å². The third-order valence-corrected chi connectivity index (χ3v) is 14.9. The molecule has 376 valence electrons. The molecule has 6 heterocycles. The summed E-state index contributed by atoms with van der Waals surface area (Å²) in [7, 11) is -6.07. The number of aliphatic hydroxyl groups excluding tert-OH is 1. The van der Waals surface area contributed by atoms with E-state index in [2.05, 4.69) is 18.2 Å². The third kappa shape index (κ3) is 10.5. The Morgan fingerprint density at radius 1 is 0.577 bits per heavy atom. The fourth-order valence-corrected chi connectivity index (χ4v) is 12.5. The van der Waals surface area contributed by atoms with E-state index in [-0.39, 0.29) is 37.0 Å². The van der Waals surface area contributed by atoms with E-state index in [1.807, 2.05) is 0 Å². The Hall–Kier alpha value is -5.93. The minimum atomic E-state index is -5.20. The van der Waals surface area contributed by atoms with Gasteiger partial charge in [-0.2, -0.15) is 20.7 Å². The van der Waals surface area contributed by atoms with Gasteiger partial charge in [0.05, 0.1) is 53.0 Å². The van der Waals surface area contributed by atoms with Crippen molar-refractivity contribution in [3.8, 4) is 35.5 Å². The zero-order valence-electron chi connectivity index (χ0n) is 41.0. The van der Waals surface area contributed by atoms with Gasteiger partial charge in [-0.3, -0.25) is 28.0 Å². The molecule has 9 rings (SSSR count). The summed E-state index contributed by atoms with van der Waals surface area (Å²) in [6, 6.07) is 18.5. The highest BCUT2D eigenvalue weighted by molar-refractivity contribution is 7.48. The SMILES string of the molecule is CC1(C)Oc2ccc(C#N)cc2C(N2CCCC2=O)C1OP(=O)(OC1C(N2CCCC2=O)c2cc(C#N)ccc2OC1(C)C)OC1C(N2CCCC2=O)c2cc(C#N)ccc2OC1(C)C.CO.C[P+](=O)O. The Morgan fingerprint density at radius 3 is 1.04 bits per heavy atom. The van der Waals surface area contributed by atoms with Gasteiger partial charge in [0.1, 0.15) is 52.4 Å². The molecule has 6 aliphatic heterocycles. The number of rotatable bonds is 9. The average molecular weight is 1010 g/mol. The van der Waals surface area contributed by atoms with Gasteiger partial charge in [0.2, 0.25) is 17.7 Å². The first-order valence-corrected chi connectivity index (χ1v) is 26.5. The minimum absolute atomic E-state index is 0.176. The maximum Gasteiger partial charge on any atom is 0.502 e. The van der Waals surface area contributed by atoms with E-state index in [4.69, 9.17) is 42.3 Å². The minimum Gasteiger partial charge on any atom is -0.485 e. The number of ether oxygens (including phenoxy) is 3. The number of aliphatic hydroxyl groups is 1. The summed E-state index contributed by atoms with van der Waals surface area (Å²) in [6.45, 7) is 12.7. The number of phosphoric acid groups is 1. The average Bonchev–Trinajstić information content (AvgIpc) is 4.07. The molecule has 3 fully saturated rings. The van der Waals surface area contributed by atoms with Gasteiger partial charge in [-0.1, -0.05) is 0 Å². The number of phosphoric ester groups is 1. The maximum absolute atomic E-state index is 16.8. The molecule has 3 amide bonds. The van der Waals surface area contributed by atoms with Crippen molar-refractivity contribution in [1.82, 2.24) is 14.7 Å². The number of nitriles is 3. The standard InChI is InChI=1S/C48H51N6O10P.CH3O2P.CH4O/c1-46(2)43(40(52-19-7-10-37(52)55)31-22-28(25-49)13-16-34(31)59-46)62-65(58,63-44-41(53-20-8-11-38(53)56)32-23-29(26-50)14-17-35(32)60-47(44,3)4)64-45-42(54-21-9-12-39(54)57)33-24-30(27-51)15-18-36(33)61-48(45,5)6;1-4(2)3;1-2/h13-18,22-24,40-45H,7-12,19-21H2,1-6H3;1H3;2H,1H3/p+1. The zero-order chi connectivity index (χ0) is 51.8. The number of nitrogens with zero attached hydrogens (tertiary/aromatic N) is 6. The molecule has 0 radical (unpaired) electrons. The molecule has 0 spiro atoms. The highest BCUT2D eigenvalue weighted by atomic mass is 31.2. The predicted molar refractivity (Wildman–Crippen MR) is 255 cm³/mol. The van der Waals surface area contributed by atoms with Gasteiger partial charge in [0, 0.05) is 62.7 Å². The Kier molecular flexibility index (Phi) is 15.4. The third-order valence-electron chi connectivity index (χ3n) is 13.5. The summed E-state index contributed by atoms with van der Waals surface area (Å²) >= 11 is 0. The van der Waals surface area contributed by atoms with Crippen molar-refractivity contribution in [2.45, 2.75) is 133 Å². The lowest BCUT2D eigenvalue weighted by molar-refractivity contribution is -0.155. The first-order chi connectivity index (χ1) is 33.6. The van der Waals surface area contributed by atoms with E-state index in [1.54, 1.807) is 111 Å². The van der Waals surface area contributed by atoms with Crippen LogP contribution in [0.25, 0.3) is 0 Å². The van der Waals surface area contributed by atoms with Crippen LogP contribution in [0.5, 0.6) is 17.2 Å². The van der Waals surface area contributed by atoms with Crippen molar-refractivity contribution in [1.29, 1.82) is 15.8 Å². The lowest BCUT2D eigenvalue weighted by Crippen LogP contribution is -2.58. The fraction of sp³-hybridized carbons (Fsp3) is 0.520. The molecule has 0 aliphatic carbocycles. The molecule has 3 aromatic rings. The van der Waals surface area contributed by atoms with Crippen molar-refractivity contribution < 1.29 is 61.3 Å². The number of hydrogen-bond donors (Lipinski definition) is 2. The van der Waals surface area contributed by atoms with Crippen LogP contribution in [0.15, 0.2) is 54.6 Å². The first kappa shape index (κ1) is 52.9. The van der Waals surface area contributed by atoms with Crippen LogP contribution in [0.2, 0.25) is 0 Å². The van der Waals surface area contributed by atoms with Crippen LogP contribution >= 0.6 is 15.9 Å². The van der Waals surface area contributed by atoms with Crippen LogP contribution in [0, 0.1) is 34.0 Å². The number of fused-ring (bicyclic) bond motifs is 3. The highest BCUT2D eigenvalue weighted by Crippen LogP contribution is 2.64. The highest BCUT2D eigenvalue weighted by Gasteiger charge is 2.60. The van der Waals surface area contributed by atoms with Gasteiger partial charge in [-0.25, -0.2) is 4.57 Å². The maximum atomic E-state index is 16.8. The van der Waals surface area contributed by atoms with Crippen LogP contribution in [0.1, 0.15) is 132 Å². The second kappa shape index (κ2) is 20.7. The van der Waals surface area contributed by atoms with Gasteiger partial charge in [-0.15, -0.1) is 0 Å². The van der Waals surface area contributed by atoms with Crippen LogP contribution in [-0.4, -0.2) is 111 Å². The number of amides is 3. The number of carbonyl (C=O) groups excluding carboxylic acids is 3. The molecule has 2 N–H and O–H groups in total. The molecule has 0 bridgehead atoms. The summed E-state index contributed by atoms with van der Waals surface area (Å²) in [6.07, 6.45) is -1.43. The second-order valence-corrected chi connectivity index (χ2v) is 22.1. The number of benzene rings is 3. The Bertz CT molecular complexity index is 2490. The summed E-state index contributed by atoms with van der Waals surface area (Å²) in [5, 5.41) is 37.1. The fourth-order valence-electron chi connectivity index (χ4n) is 10.4. The molecule has 3 saturated heterocycles. The van der Waals surface area contributed by atoms with E-state index in [1.165, 1.54) is 6.66 Å². The zero-order valence-corrected chi connectivity index (χ0v) is 42.8. The van der Waals surface area contributed by atoms with E-state index in [9.17, 15) is 30.2 Å². The van der Waals surface area contributed by atoms with Gasteiger partial charge in [0.15, 0.2) is 6.66 Å². The number of likely N-dealkylation sites (tertiary alicyclic amines) is 3. The van der Waals surface area contributed by atoms with Crippen LogP contribution < -0.4 is 14.2 Å². The molecule has 19 nitrogen and oxygen atoms in total. The van der Waals surface area contributed by atoms with Gasteiger partial charge in [0.25, 0.3) is 0 Å². The van der Waals surface area contributed by atoms with Crippen molar-refractivity contribution in [2.24, 2.45) is 0 Å². The van der Waals surface area contributed by atoms with Crippen molar-refractivity contribution >= 4 is 33.6 Å². The van der Waals surface area contributed by atoms with E-state index in [0.29, 0.717) is 89.5 Å². The number of carbonyl (C=O) groups is 3. The van der Waals surface area contributed by atoms with Crippen LogP contribution in [0.4, 0.5) is 0 Å². The summed E-state index contributed by atoms with van der Waals surface area (Å²) in [5.74, 6) is 0.705. The molecular formula is C50H59N6O13P2+. The first-order valence-electron chi connectivity index (χ1n) is 23.4. The molecular weight excluding hydrogens is 955 g/mol. The normalized spacial score (nSPS) is 26.4. The molecule has 6 aliphatic rings. The van der Waals surface area contributed by atoms with Gasteiger partial charge >= 0.3 is 15.9 Å². The van der Waals surface area contributed by atoms with Crippen molar-refractivity contribution in [3.63, 3.8) is 0 Å². The summed E-state index contributed by atoms with van der Waals surface area (Å²) < 4.78 is 66.9. The van der Waals surface area contributed by atoms with Gasteiger partial charge < -0.3 is 34.0 Å². The van der Waals surface area contributed by atoms with E-state index in [0.717, 1.165) is 7.11 Å². The van der Waals surface area contributed by atoms with Crippen molar-refractivity contribution in [2.75, 3.05) is 33.4 Å². The van der Waals surface area contributed by atoms with E-state index >= 15 is 4.57 Å². The molecule has 7 unspecified atom stereocenters. The molecule has 7 atom stereocenters. The summed E-state index contributed by atoms with van der Waals surface area (Å²) in [4.78, 5) is 54.0. The molecule has 0 aromatic heterocycles. The molecule has 0 saturated carbocycles. The monoisotopic (exact) mass is 1010 g/mol. The second-order valence-electron chi connectivity index (χ2n) is 19.6. The molecule has 3 aromatic carbocycles. The lowest BCUT2D eigenvalue weighted by atomic mass is 9.85. The summed E-state index contributed by atoms with van der Waals surface area (Å²) in [5.41, 5.74) is -1.70. The molecule has 21 heteroatoms. The smallest absolute Gasteiger partial charge is 0.485 e. The van der Waals surface area contributed by atoms with Crippen molar-refractivity contribution in [3.05, 3.63) is 88.0 Å². The topological polar surface area (TPSA) is 262 Å². The Morgan fingerprint density at radius 2 is 0.831 bits per heavy atom. The largest absolute Gasteiger partial charge is 0.502 e. The lowest BCUT2D eigenvalue weighted by Gasteiger charge is -2.51. The quantitative estimate of drug-likeness (QED) is 0.197.